The van der Waals surface area contributed by atoms with Gasteiger partial charge in [0, 0.05) is 6.61 Å². The maximum atomic E-state index is 13.0. The van der Waals surface area contributed by atoms with Crippen LogP contribution in [0.2, 0.25) is 0 Å². The number of ether oxygens (including phenoxy) is 3. The smallest absolute Gasteiger partial charge is 0.387 e. The van der Waals surface area contributed by atoms with Gasteiger partial charge in [0.05, 0.1) is 43.8 Å². The van der Waals surface area contributed by atoms with Crippen molar-refractivity contribution in [1.82, 2.24) is 14.6 Å². The summed E-state index contributed by atoms with van der Waals surface area (Å²) in [5, 5.41) is 45.3. The van der Waals surface area contributed by atoms with Crippen LogP contribution in [0.5, 0.6) is 0 Å². The molecule has 314 valence electrons. The van der Waals surface area contributed by atoms with Crippen LogP contribution >= 0.6 is 7.82 Å². The maximum absolute atomic E-state index is 13.0. The highest BCUT2D eigenvalue weighted by atomic mass is 31.2. The van der Waals surface area contributed by atoms with Gasteiger partial charge in [0.2, 0.25) is 5.60 Å². The summed E-state index contributed by atoms with van der Waals surface area (Å²) >= 11 is 0. The van der Waals surface area contributed by atoms with Crippen LogP contribution in [0.1, 0.15) is 126 Å². The van der Waals surface area contributed by atoms with Gasteiger partial charge in [-0.3, -0.25) is 9.05 Å². The maximum Gasteiger partial charge on any atom is 0.472 e. The zero-order valence-electron chi connectivity index (χ0n) is 33.3. The van der Waals surface area contributed by atoms with Crippen molar-refractivity contribution in [2.45, 2.75) is 146 Å². The summed E-state index contributed by atoms with van der Waals surface area (Å²) in [5.41, 5.74) is 5.44. The highest BCUT2D eigenvalue weighted by molar-refractivity contribution is 7.47. The Morgan fingerprint density at radius 1 is 0.930 bits per heavy atom. The van der Waals surface area contributed by atoms with E-state index < -0.39 is 44.4 Å². The number of unbranched alkanes of at least 4 members (excludes halogenated alkanes) is 15. The number of aliphatic hydroxyl groups excluding tert-OH is 2. The lowest BCUT2D eigenvalue weighted by atomic mass is 9.92. The number of aliphatic hydroxyl groups is 2. The summed E-state index contributed by atoms with van der Waals surface area (Å²) in [6.07, 6.45) is 15.9. The molecule has 0 bridgehead atoms. The highest BCUT2D eigenvalue weighted by Gasteiger charge is 2.58. The number of nitrogens with two attached hydrogens (primary N) is 1. The van der Waals surface area contributed by atoms with Gasteiger partial charge in [-0.15, -0.1) is 0 Å². The normalized spacial score (nSPS) is 21.0. The van der Waals surface area contributed by atoms with Gasteiger partial charge in [0.25, 0.3) is 0 Å². The van der Waals surface area contributed by atoms with Crippen LogP contribution in [-0.4, -0.2) is 80.5 Å². The van der Waals surface area contributed by atoms with Crippen molar-refractivity contribution in [2.24, 2.45) is 0 Å². The fraction of sp³-hybridized carbons (Fsp3) is 0.659. The number of fused-ring (bicyclic) bond motifs is 1. The Kier molecular flexibility index (Phi) is 19.8. The Hall–Kier alpha value is -3.47. The molecule has 0 aliphatic carbocycles. The van der Waals surface area contributed by atoms with Gasteiger partial charge in [-0.25, -0.2) is 14.1 Å². The second kappa shape index (κ2) is 24.5. The Labute approximate surface area is 336 Å². The van der Waals surface area contributed by atoms with Gasteiger partial charge in [-0.1, -0.05) is 115 Å². The number of rotatable bonds is 29. The molecule has 5 N–H and O–H groups in total. The van der Waals surface area contributed by atoms with Gasteiger partial charge in [-0.2, -0.15) is 15.6 Å². The Balaban J connectivity index is 1.18. The van der Waals surface area contributed by atoms with Crippen molar-refractivity contribution in [3.63, 3.8) is 0 Å². The monoisotopic (exact) mass is 812 g/mol. The zero-order chi connectivity index (χ0) is 40.9. The first-order valence-corrected chi connectivity index (χ1v) is 22.0. The number of aromatic nitrogens is 3. The van der Waals surface area contributed by atoms with Gasteiger partial charge >= 0.3 is 7.82 Å². The number of hydrogen-bond donors (Lipinski definition) is 4. The van der Waals surface area contributed by atoms with Gasteiger partial charge < -0.3 is 35.1 Å². The molecule has 0 saturated carbocycles. The number of nitrogen functional groups attached to an aromatic ring is 1. The third-order valence-electron chi connectivity index (χ3n) is 10.3. The van der Waals surface area contributed by atoms with E-state index in [0.29, 0.717) is 17.7 Å². The Morgan fingerprint density at radius 2 is 1.58 bits per heavy atom. The van der Waals surface area contributed by atoms with Crippen LogP contribution in [0.15, 0.2) is 42.7 Å². The molecule has 3 heterocycles. The lowest BCUT2D eigenvalue weighted by molar-refractivity contribution is -0.0690. The number of phosphoric acid groups is 1. The summed E-state index contributed by atoms with van der Waals surface area (Å²) in [6, 6.07) is 13.9. The third kappa shape index (κ3) is 14.4. The van der Waals surface area contributed by atoms with E-state index >= 15 is 0 Å². The molecule has 1 saturated heterocycles. The molecule has 3 aromatic rings. The van der Waals surface area contributed by atoms with Crippen LogP contribution in [-0.2, 0) is 40.0 Å². The van der Waals surface area contributed by atoms with E-state index in [0.717, 1.165) is 24.8 Å². The summed E-state index contributed by atoms with van der Waals surface area (Å²) in [7, 11) is -4.76. The van der Waals surface area contributed by atoms with Crippen molar-refractivity contribution < 1.29 is 42.9 Å². The Bertz CT molecular complexity index is 1770. The largest absolute Gasteiger partial charge is 0.472 e. The average molecular weight is 813 g/mol. The molecule has 0 amide bonds. The summed E-state index contributed by atoms with van der Waals surface area (Å²) < 4.78 is 42.5. The molecule has 1 aliphatic heterocycles. The number of anilines is 1. The predicted octanol–water partition coefficient (Wildman–Crippen LogP) is 7.02. The van der Waals surface area contributed by atoms with Crippen molar-refractivity contribution in [1.29, 1.82) is 10.5 Å². The van der Waals surface area contributed by atoms with Crippen molar-refractivity contribution in [3.05, 3.63) is 59.5 Å². The fourth-order valence-corrected chi connectivity index (χ4v) is 7.75. The summed E-state index contributed by atoms with van der Waals surface area (Å²) in [6.45, 7) is 1.86. The van der Waals surface area contributed by atoms with Crippen LogP contribution in [0.4, 0.5) is 5.82 Å². The standard InChI is InChI=1S/C41H61N6O9P/c1-2-3-4-5-6-7-8-9-10-11-12-13-14-15-16-17-23-52-27-34(53-26-33-20-18-19-32(24-33)25-42)28-54-57(50,51)55-29-36-38(48)39(49)41(30-43,56-36)37-22-21-35-40(44)45-31-46-47(35)37/h18-22,24,31,34,36,38-39,48-49H,2-17,23,26-29H2,1H3,(H,50,51)(H2,44,45,46)/t34-,36+,38+,39+,41-/m0/s1. The van der Waals surface area contributed by atoms with Gasteiger partial charge in [-0.05, 0) is 36.2 Å². The molecule has 2 aromatic heterocycles. The first-order chi connectivity index (χ1) is 27.6. The molecule has 4 rings (SSSR count). The van der Waals surface area contributed by atoms with Gasteiger partial charge in [0.1, 0.15) is 42.3 Å². The molecule has 1 aliphatic rings. The molecule has 1 aromatic carbocycles. The van der Waals surface area contributed by atoms with E-state index in [2.05, 4.69) is 23.1 Å². The van der Waals surface area contributed by atoms with E-state index in [4.69, 9.17) is 29.0 Å². The van der Waals surface area contributed by atoms with E-state index in [1.807, 2.05) is 6.07 Å². The van der Waals surface area contributed by atoms with Crippen molar-refractivity contribution in [3.8, 4) is 12.1 Å². The third-order valence-corrected chi connectivity index (χ3v) is 11.3. The number of phosphoric ester groups is 1. The number of hydrogen-bond acceptors (Lipinski definition) is 13. The van der Waals surface area contributed by atoms with Gasteiger partial charge in [0.15, 0.2) is 5.82 Å². The van der Waals surface area contributed by atoms with Crippen molar-refractivity contribution in [2.75, 3.05) is 32.2 Å². The SMILES string of the molecule is CCCCCCCCCCCCCCCCCCOC[C@@H](COP(=O)(O)OC[C@H]1O[C@@](C#N)(c2ccc3c(N)ncnn23)[C@H](O)[C@@H]1O)OCc1cccc(C#N)c1. The Morgan fingerprint density at radius 3 is 2.21 bits per heavy atom. The minimum atomic E-state index is -4.76. The fourth-order valence-electron chi connectivity index (χ4n) is 6.99. The second-order valence-electron chi connectivity index (χ2n) is 14.8. The average Bonchev–Trinajstić information content (AvgIpc) is 3.76. The zero-order valence-corrected chi connectivity index (χ0v) is 34.1. The summed E-state index contributed by atoms with van der Waals surface area (Å²) in [4.78, 5) is 14.5. The predicted molar refractivity (Wildman–Crippen MR) is 213 cm³/mol. The lowest BCUT2D eigenvalue weighted by Crippen LogP contribution is -2.41. The molecular formula is C41H61N6O9P. The molecule has 1 unspecified atom stereocenters. The molecule has 0 spiro atoms. The topological polar surface area (TPSA) is 228 Å². The number of benzene rings is 1. The highest BCUT2D eigenvalue weighted by Crippen LogP contribution is 2.46. The first-order valence-electron chi connectivity index (χ1n) is 20.5. The van der Waals surface area contributed by atoms with Crippen molar-refractivity contribution >= 4 is 19.2 Å². The second-order valence-corrected chi connectivity index (χ2v) is 16.2. The van der Waals surface area contributed by atoms with Crippen LogP contribution in [0.3, 0.4) is 0 Å². The van der Waals surface area contributed by atoms with Crippen LogP contribution in [0.25, 0.3) is 5.52 Å². The minimum Gasteiger partial charge on any atom is -0.387 e. The molecule has 57 heavy (non-hydrogen) atoms. The number of nitriles is 2. The molecular weight excluding hydrogens is 751 g/mol. The minimum absolute atomic E-state index is 0.0754. The lowest BCUT2D eigenvalue weighted by Gasteiger charge is -2.24. The molecule has 1 fully saturated rings. The van der Waals surface area contributed by atoms with E-state index in [1.165, 1.54) is 106 Å². The molecule has 16 heteroatoms. The molecule has 0 radical (unpaired) electrons. The van der Waals surface area contributed by atoms with E-state index in [-0.39, 0.29) is 31.3 Å². The number of nitrogens with zero attached hydrogens (tertiary/aromatic N) is 5. The first kappa shape index (κ1) is 46.2. The molecule has 6 atom stereocenters. The molecule has 15 nitrogen and oxygen atoms in total. The van der Waals surface area contributed by atoms with E-state index in [1.54, 1.807) is 24.3 Å². The van der Waals surface area contributed by atoms with Crippen LogP contribution in [0, 0.1) is 22.7 Å². The van der Waals surface area contributed by atoms with Crippen LogP contribution < -0.4 is 5.73 Å². The summed E-state index contributed by atoms with van der Waals surface area (Å²) in [5.74, 6) is 0.124. The van der Waals surface area contributed by atoms with E-state index in [9.17, 15) is 30.2 Å². The quantitative estimate of drug-likeness (QED) is 0.0408.